The van der Waals surface area contributed by atoms with Crippen molar-refractivity contribution in [2.24, 2.45) is 0 Å². The molecule has 12 heavy (non-hydrogen) atoms. The van der Waals surface area contributed by atoms with Crippen LogP contribution in [-0.4, -0.2) is 5.33 Å². The van der Waals surface area contributed by atoms with Crippen LogP contribution in [0.4, 0.5) is 0 Å². The highest BCUT2D eigenvalue weighted by Crippen LogP contribution is 2.17. The van der Waals surface area contributed by atoms with Crippen molar-refractivity contribution in [1.29, 1.82) is 0 Å². The average molecular weight is 223 g/mol. The van der Waals surface area contributed by atoms with Gasteiger partial charge < -0.3 is 0 Å². The van der Waals surface area contributed by atoms with Gasteiger partial charge in [0.25, 0.3) is 0 Å². The van der Waals surface area contributed by atoms with E-state index in [0.29, 0.717) is 5.92 Å². The highest BCUT2D eigenvalue weighted by molar-refractivity contribution is 9.09. The molecule has 0 spiro atoms. The predicted molar refractivity (Wildman–Crippen MR) is 56.6 cm³/mol. The molecule has 0 saturated carbocycles. The fraction of sp³-hybridized carbons (Fsp3) is 0.273. The van der Waals surface area contributed by atoms with Crippen molar-refractivity contribution in [1.82, 2.24) is 0 Å². The largest absolute Gasteiger partial charge is 0.115 e. The molecule has 1 heteroatoms. The van der Waals surface area contributed by atoms with Gasteiger partial charge in [0, 0.05) is 10.9 Å². The average Bonchev–Trinajstić information content (AvgIpc) is 2.17. The van der Waals surface area contributed by atoms with Crippen LogP contribution in [0.3, 0.4) is 0 Å². The number of hydrogen-bond donors (Lipinski definition) is 0. The molecule has 0 amide bonds. The second-order valence-corrected chi connectivity index (χ2v) is 3.47. The third-order valence-electron chi connectivity index (χ3n) is 1.88. The zero-order chi connectivity index (χ0) is 8.97. The van der Waals surface area contributed by atoms with Crippen LogP contribution >= 0.6 is 15.9 Å². The van der Waals surface area contributed by atoms with Gasteiger partial charge in [-0.1, -0.05) is 40.9 Å². The Morgan fingerprint density at radius 3 is 2.42 bits per heavy atom. The molecular formula is C11H11Br. The Morgan fingerprint density at radius 1 is 1.42 bits per heavy atom. The summed E-state index contributed by atoms with van der Waals surface area (Å²) in [5.74, 6) is 3.15. The zero-order valence-electron chi connectivity index (χ0n) is 7.05. The molecule has 1 aromatic carbocycles. The number of benzene rings is 1. The van der Waals surface area contributed by atoms with E-state index in [1.807, 2.05) is 12.1 Å². The zero-order valence-corrected chi connectivity index (χ0v) is 8.64. The van der Waals surface area contributed by atoms with Gasteiger partial charge in [-0.05, 0) is 23.6 Å². The molecule has 1 aromatic rings. The molecule has 1 atom stereocenters. The summed E-state index contributed by atoms with van der Waals surface area (Å²) in [6, 6.07) is 8.13. The Kier molecular flexibility index (Phi) is 3.37. The van der Waals surface area contributed by atoms with Crippen molar-refractivity contribution < 1.29 is 0 Å². The summed E-state index contributed by atoms with van der Waals surface area (Å²) in [6.07, 6.45) is 5.25. The fourth-order valence-electron chi connectivity index (χ4n) is 0.997. The summed E-state index contributed by atoms with van der Waals surface area (Å²) in [4.78, 5) is 0. The quantitative estimate of drug-likeness (QED) is 0.533. The third kappa shape index (κ3) is 2.12. The minimum Gasteiger partial charge on any atom is -0.115 e. The molecule has 62 valence electrons. The molecule has 0 aliphatic heterocycles. The summed E-state index contributed by atoms with van der Waals surface area (Å²) in [6.45, 7) is 2.18. The second-order valence-electron chi connectivity index (χ2n) is 2.82. The summed E-state index contributed by atoms with van der Waals surface area (Å²) in [5, 5.41) is 0.988. The Hall–Kier alpha value is -0.740. The topological polar surface area (TPSA) is 0 Å². The van der Waals surface area contributed by atoms with Gasteiger partial charge in [0.1, 0.15) is 0 Å². The maximum Gasteiger partial charge on any atom is 0.0242 e. The molecule has 0 aliphatic carbocycles. The highest BCUT2D eigenvalue weighted by atomic mass is 79.9. The normalized spacial score (nSPS) is 12.1. The van der Waals surface area contributed by atoms with Crippen molar-refractivity contribution in [2.45, 2.75) is 12.8 Å². The molecule has 0 nitrogen and oxygen atoms in total. The second kappa shape index (κ2) is 4.33. The number of halogens is 1. The summed E-state index contributed by atoms with van der Waals surface area (Å²) < 4.78 is 0. The summed E-state index contributed by atoms with van der Waals surface area (Å²) in [5.41, 5.74) is 2.27. The number of alkyl halides is 1. The van der Waals surface area contributed by atoms with Gasteiger partial charge in [0.2, 0.25) is 0 Å². The van der Waals surface area contributed by atoms with Crippen LogP contribution in [0, 0.1) is 12.3 Å². The monoisotopic (exact) mass is 222 g/mol. The first-order valence-electron chi connectivity index (χ1n) is 3.90. The van der Waals surface area contributed by atoms with Crippen molar-refractivity contribution in [2.75, 3.05) is 5.33 Å². The van der Waals surface area contributed by atoms with Crippen LogP contribution in [0.15, 0.2) is 24.3 Å². The minimum absolute atomic E-state index is 0.553. The minimum atomic E-state index is 0.553. The summed E-state index contributed by atoms with van der Waals surface area (Å²) in [7, 11) is 0. The van der Waals surface area contributed by atoms with Gasteiger partial charge in [-0.3, -0.25) is 0 Å². The van der Waals surface area contributed by atoms with E-state index in [4.69, 9.17) is 6.42 Å². The lowest BCUT2D eigenvalue weighted by atomic mass is 10.0. The van der Waals surface area contributed by atoms with E-state index in [9.17, 15) is 0 Å². The van der Waals surface area contributed by atoms with Gasteiger partial charge in [-0.15, -0.1) is 6.42 Å². The Labute approximate surface area is 82.1 Å². The fourth-order valence-corrected chi connectivity index (χ4v) is 1.37. The SMILES string of the molecule is C#Cc1ccc(C(C)CBr)cc1. The first-order chi connectivity index (χ1) is 5.77. The van der Waals surface area contributed by atoms with Gasteiger partial charge >= 0.3 is 0 Å². The third-order valence-corrected chi connectivity index (χ3v) is 2.85. The molecule has 0 aliphatic rings. The van der Waals surface area contributed by atoms with Crippen LogP contribution in [0.25, 0.3) is 0 Å². The molecule has 0 saturated heterocycles. The van der Waals surface area contributed by atoms with Crippen LogP contribution in [0.1, 0.15) is 24.0 Å². The van der Waals surface area contributed by atoms with Gasteiger partial charge in [0.05, 0.1) is 0 Å². The standard InChI is InChI=1S/C11H11Br/c1-3-10-4-6-11(7-5-10)9(2)8-12/h1,4-7,9H,8H2,2H3. The first-order valence-corrected chi connectivity index (χ1v) is 5.02. The Balaban J connectivity index is 2.86. The lowest BCUT2D eigenvalue weighted by molar-refractivity contribution is 0.888. The highest BCUT2D eigenvalue weighted by Gasteiger charge is 2.01. The van der Waals surface area contributed by atoms with Gasteiger partial charge in [0.15, 0.2) is 0 Å². The van der Waals surface area contributed by atoms with E-state index < -0.39 is 0 Å². The first kappa shape index (κ1) is 9.35. The van der Waals surface area contributed by atoms with Crippen molar-refractivity contribution in [3.63, 3.8) is 0 Å². The van der Waals surface area contributed by atoms with Crippen molar-refractivity contribution in [3.05, 3.63) is 35.4 Å². The van der Waals surface area contributed by atoms with Crippen LogP contribution in [-0.2, 0) is 0 Å². The molecule has 0 radical (unpaired) electrons. The molecule has 1 rings (SSSR count). The smallest absolute Gasteiger partial charge is 0.0242 e. The molecule has 0 aromatic heterocycles. The number of terminal acetylenes is 1. The van der Waals surface area contributed by atoms with Crippen LogP contribution in [0.5, 0.6) is 0 Å². The van der Waals surface area contributed by atoms with Gasteiger partial charge in [-0.2, -0.15) is 0 Å². The maximum atomic E-state index is 5.25. The van der Waals surface area contributed by atoms with Crippen LogP contribution in [0.2, 0.25) is 0 Å². The molecular weight excluding hydrogens is 212 g/mol. The molecule has 0 heterocycles. The number of hydrogen-bond acceptors (Lipinski definition) is 0. The van der Waals surface area contributed by atoms with E-state index in [1.165, 1.54) is 5.56 Å². The Morgan fingerprint density at radius 2 is 2.00 bits per heavy atom. The van der Waals surface area contributed by atoms with E-state index in [2.05, 4.69) is 40.9 Å². The van der Waals surface area contributed by atoms with Crippen molar-refractivity contribution in [3.8, 4) is 12.3 Å². The lowest BCUT2D eigenvalue weighted by Crippen LogP contribution is -1.93. The Bertz CT molecular complexity index is 279. The van der Waals surface area contributed by atoms with E-state index in [-0.39, 0.29) is 0 Å². The molecule has 0 N–H and O–H groups in total. The van der Waals surface area contributed by atoms with Gasteiger partial charge in [-0.25, -0.2) is 0 Å². The maximum absolute atomic E-state index is 5.25. The molecule has 1 unspecified atom stereocenters. The van der Waals surface area contributed by atoms with Crippen LogP contribution < -0.4 is 0 Å². The lowest BCUT2D eigenvalue weighted by Gasteiger charge is -2.06. The van der Waals surface area contributed by atoms with E-state index in [0.717, 1.165) is 10.9 Å². The molecule has 0 fully saturated rings. The molecule has 0 bridgehead atoms. The predicted octanol–water partition coefficient (Wildman–Crippen LogP) is 3.17. The van der Waals surface area contributed by atoms with E-state index in [1.54, 1.807) is 0 Å². The number of rotatable bonds is 2. The van der Waals surface area contributed by atoms with Crippen molar-refractivity contribution >= 4 is 15.9 Å². The summed E-state index contributed by atoms with van der Waals surface area (Å²) >= 11 is 3.45. The van der Waals surface area contributed by atoms with E-state index >= 15 is 0 Å².